The Kier molecular flexibility index (Phi) is 5.16. The van der Waals surface area contributed by atoms with Crippen LogP contribution in [0, 0.1) is 0 Å². The van der Waals surface area contributed by atoms with E-state index in [4.69, 9.17) is 4.52 Å². The topological polar surface area (TPSA) is 96.4 Å². The molecule has 1 aliphatic heterocycles. The lowest BCUT2D eigenvalue weighted by atomic mass is 10.7. The highest BCUT2D eigenvalue weighted by atomic mass is 31.2. The molecular weight excluding hydrogens is 270 g/mol. The van der Waals surface area contributed by atoms with Crippen LogP contribution in [0.3, 0.4) is 0 Å². The second kappa shape index (κ2) is 5.98. The van der Waals surface area contributed by atoms with Gasteiger partial charge in [-0.15, -0.1) is 0 Å². The van der Waals surface area contributed by atoms with Gasteiger partial charge in [-0.2, -0.15) is 0 Å². The summed E-state index contributed by atoms with van der Waals surface area (Å²) in [4.78, 5) is 21.2. The Morgan fingerprint density at radius 2 is 2.06 bits per heavy atom. The highest BCUT2D eigenvalue weighted by Gasteiger charge is 2.43. The van der Waals surface area contributed by atoms with Crippen LogP contribution in [-0.4, -0.2) is 46.6 Å². The molecule has 1 aliphatic rings. The van der Waals surface area contributed by atoms with E-state index in [0.29, 0.717) is 4.67 Å². The van der Waals surface area contributed by atoms with E-state index in [9.17, 15) is 18.8 Å². The van der Waals surface area contributed by atoms with Crippen molar-refractivity contribution in [2.75, 3.05) is 26.3 Å². The number of rotatable bonds is 6. The number of hydrogen-bond acceptors (Lipinski definition) is 5. The van der Waals surface area contributed by atoms with E-state index in [-0.39, 0.29) is 26.3 Å². The molecule has 0 aromatic rings. The normalized spacial score (nSPS) is 21.7. The number of nitrogens with zero attached hydrogens (tertiary/aromatic N) is 2. The third kappa shape index (κ3) is 3.30. The number of carbonyl (C=O) groups is 1. The lowest BCUT2D eigenvalue weighted by Crippen LogP contribution is -2.26. The smallest absolute Gasteiger partial charge is 0.316 e. The molecule has 100 valence electrons. The Morgan fingerprint density at radius 3 is 2.59 bits per heavy atom. The molecule has 0 aromatic carbocycles. The summed E-state index contributed by atoms with van der Waals surface area (Å²) in [6.07, 6.45) is 0. The van der Waals surface area contributed by atoms with Gasteiger partial charge >= 0.3 is 13.8 Å². The molecule has 0 spiro atoms. The van der Waals surface area contributed by atoms with Gasteiger partial charge < -0.3 is 9.42 Å². The minimum absolute atomic E-state index is 0.00388. The van der Waals surface area contributed by atoms with Crippen LogP contribution in [0.1, 0.15) is 13.8 Å². The summed E-state index contributed by atoms with van der Waals surface area (Å²) in [6.45, 7) is 3.51. The van der Waals surface area contributed by atoms with Gasteiger partial charge in [-0.05, 0) is 13.8 Å². The first kappa shape index (κ1) is 14.7. The summed E-state index contributed by atoms with van der Waals surface area (Å²) in [6, 6.07) is -0.790. The molecule has 10 heteroatoms. The highest BCUT2D eigenvalue weighted by molar-refractivity contribution is 7.51. The minimum atomic E-state index is -4.13. The van der Waals surface area contributed by atoms with E-state index in [1.165, 1.54) is 0 Å². The fourth-order valence-corrected chi connectivity index (χ4v) is 3.56. The van der Waals surface area contributed by atoms with Crippen molar-refractivity contribution in [2.24, 2.45) is 0 Å². The zero-order valence-electron chi connectivity index (χ0n) is 9.66. The molecule has 2 amide bonds. The van der Waals surface area contributed by atoms with Crippen LogP contribution >= 0.6 is 15.9 Å². The third-order valence-electron chi connectivity index (χ3n) is 2.08. The van der Waals surface area contributed by atoms with Gasteiger partial charge in [-0.1, -0.05) is 0 Å². The Labute approximate surface area is 100.0 Å². The second-order valence-electron chi connectivity index (χ2n) is 3.16. The molecular formula is C7H16N2O6P2. The first-order valence-electron chi connectivity index (χ1n) is 5.17. The molecule has 2 atom stereocenters. The highest BCUT2D eigenvalue weighted by Crippen LogP contribution is 2.50. The Hall–Kier alpha value is -0.390. The molecule has 8 nitrogen and oxygen atoms in total. The summed E-state index contributed by atoms with van der Waals surface area (Å²) in [5.74, 6) is 0. The van der Waals surface area contributed by atoms with Crippen LogP contribution in [-0.2, 0) is 18.2 Å². The fourth-order valence-electron chi connectivity index (χ4n) is 1.37. The molecule has 0 aliphatic carbocycles. The van der Waals surface area contributed by atoms with Crippen LogP contribution in [0.4, 0.5) is 4.79 Å². The first-order valence-corrected chi connectivity index (χ1v) is 7.97. The van der Waals surface area contributed by atoms with E-state index in [1.54, 1.807) is 13.8 Å². The van der Waals surface area contributed by atoms with Gasteiger partial charge in [0, 0.05) is 6.54 Å². The maximum atomic E-state index is 11.7. The number of hydrogen-bond donors (Lipinski definition) is 1. The zero-order valence-corrected chi connectivity index (χ0v) is 11.6. The lowest BCUT2D eigenvalue weighted by molar-refractivity contribution is 0.197. The van der Waals surface area contributed by atoms with Crippen molar-refractivity contribution >= 4 is 22.0 Å². The van der Waals surface area contributed by atoms with E-state index in [1.807, 2.05) is 0 Å². The van der Waals surface area contributed by atoms with Crippen LogP contribution in [0.5, 0.6) is 0 Å². The van der Waals surface area contributed by atoms with Crippen molar-refractivity contribution in [2.45, 2.75) is 13.8 Å². The quantitative estimate of drug-likeness (QED) is 0.739. The van der Waals surface area contributed by atoms with E-state index < -0.39 is 22.0 Å². The first-order chi connectivity index (χ1) is 7.94. The molecule has 0 bridgehead atoms. The molecule has 1 fully saturated rings. The number of carbonyl (C=O) groups excluding carboxylic acids is 1. The Bertz CT molecular complexity index is 362. The van der Waals surface area contributed by atoms with Crippen molar-refractivity contribution < 1.29 is 27.9 Å². The molecule has 0 saturated carbocycles. The fraction of sp³-hybridized carbons (Fsp3) is 0.857. The van der Waals surface area contributed by atoms with Crippen molar-refractivity contribution in [3.8, 4) is 0 Å². The lowest BCUT2D eigenvalue weighted by Gasteiger charge is -2.21. The summed E-state index contributed by atoms with van der Waals surface area (Å²) >= 11 is 0. The second-order valence-corrected chi connectivity index (χ2v) is 6.25. The van der Waals surface area contributed by atoms with Crippen molar-refractivity contribution in [3.05, 3.63) is 0 Å². The standard InChI is InChI=1S/C7H16N2O6P2/c1-3-14-16(11)8-5-6-9(7(8)10)17(12,13)15-4-2/h16H,3-6H2,1-2H3,(H,12,13). The molecule has 1 N–H and O–H groups in total. The molecule has 1 rings (SSSR count). The van der Waals surface area contributed by atoms with Crippen molar-refractivity contribution in [1.29, 1.82) is 0 Å². The molecule has 0 radical (unpaired) electrons. The van der Waals surface area contributed by atoms with Gasteiger partial charge in [0.25, 0.3) is 8.18 Å². The molecule has 1 heterocycles. The summed E-state index contributed by atoms with van der Waals surface area (Å²) in [7, 11) is -6.80. The maximum Gasteiger partial charge on any atom is 0.436 e. The van der Waals surface area contributed by atoms with Gasteiger partial charge in [-0.25, -0.2) is 14.0 Å². The van der Waals surface area contributed by atoms with Gasteiger partial charge in [0.15, 0.2) is 0 Å². The summed E-state index contributed by atoms with van der Waals surface area (Å²) < 4.78 is 34.3. The maximum absolute atomic E-state index is 11.7. The van der Waals surface area contributed by atoms with Crippen LogP contribution in [0.2, 0.25) is 0 Å². The number of urea groups is 1. The SMILES string of the molecule is CCO[PH](=O)N1CCN(P(=O)(O)OCC)C1=O. The van der Waals surface area contributed by atoms with Crippen LogP contribution in [0.15, 0.2) is 0 Å². The van der Waals surface area contributed by atoms with E-state index in [2.05, 4.69) is 4.52 Å². The van der Waals surface area contributed by atoms with Gasteiger partial charge in [0.1, 0.15) is 0 Å². The Morgan fingerprint density at radius 1 is 1.41 bits per heavy atom. The largest absolute Gasteiger partial charge is 0.436 e. The van der Waals surface area contributed by atoms with Crippen LogP contribution < -0.4 is 0 Å². The van der Waals surface area contributed by atoms with Crippen molar-refractivity contribution in [1.82, 2.24) is 9.34 Å². The van der Waals surface area contributed by atoms with E-state index >= 15 is 0 Å². The van der Waals surface area contributed by atoms with E-state index in [0.717, 1.165) is 4.67 Å². The van der Waals surface area contributed by atoms with Crippen LogP contribution in [0.25, 0.3) is 0 Å². The Balaban J connectivity index is 2.73. The minimum Gasteiger partial charge on any atom is -0.316 e. The van der Waals surface area contributed by atoms with Crippen molar-refractivity contribution in [3.63, 3.8) is 0 Å². The predicted octanol–water partition coefficient (Wildman–Crippen LogP) is 1.29. The average molecular weight is 286 g/mol. The predicted molar refractivity (Wildman–Crippen MR) is 60.9 cm³/mol. The molecule has 1 saturated heterocycles. The summed E-state index contributed by atoms with van der Waals surface area (Å²) in [5, 5.41) is 0. The summed E-state index contributed by atoms with van der Waals surface area (Å²) in [5.41, 5.74) is 0. The average Bonchev–Trinajstić information content (AvgIpc) is 2.61. The number of amides is 2. The molecule has 2 unspecified atom stereocenters. The van der Waals surface area contributed by atoms with Gasteiger partial charge in [-0.3, -0.25) is 13.8 Å². The zero-order chi connectivity index (χ0) is 13.1. The monoisotopic (exact) mass is 286 g/mol. The molecule has 17 heavy (non-hydrogen) atoms. The van der Waals surface area contributed by atoms with Gasteiger partial charge in [0.2, 0.25) is 0 Å². The molecule has 0 aromatic heterocycles. The third-order valence-corrected chi connectivity index (χ3v) is 5.04. The van der Waals surface area contributed by atoms with Gasteiger partial charge in [0.05, 0.1) is 19.8 Å².